The molecule has 0 bridgehead atoms. The summed E-state index contributed by atoms with van der Waals surface area (Å²) in [7, 11) is -3.81. The van der Waals surface area contributed by atoms with Crippen molar-refractivity contribution in [2.75, 3.05) is 5.32 Å². The van der Waals surface area contributed by atoms with Crippen molar-refractivity contribution in [1.82, 2.24) is 9.62 Å². The molecule has 4 rings (SSSR count). The molecule has 3 amide bonds. The highest BCUT2D eigenvalue weighted by atomic mass is 32.2. The van der Waals surface area contributed by atoms with Crippen molar-refractivity contribution in [1.29, 1.82) is 0 Å². The van der Waals surface area contributed by atoms with Crippen LogP contribution in [0.1, 0.15) is 50.5 Å². The summed E-state index contributed by atoms with van der Waals surface area (Å²) < 4.78 is 28.0. The van der Waals surface area contributed by atoms with Crippen LogP contribution in [0.3, 0.4) is 0 Å². The molecular formula is C25H23N3O5S. The third-order valence-corrected chi connectivity index (χ3v) is 7.53. The third-order valence-electron chi connectivity index (χ3n) is 5.49. The molecule has 174 valence electrons. The lowest BCUT2D eigenvalue weighted by Gasteiger charge is -2.26. The van der Waals surface area contributed by atoms with Crippen molar-refractivity contribution in [3.8, 4) is 0 Å². The predicted octanol–water partition coefficient (Wildman–Crippen LogP) is 3.42. The average molecular weight is 478 g/mol. The second-order valence-corrected chi connectivity index (χ2v) is 10.0. The van der Waals surface area contributed by atoms with E-state index >= 15 is 0 Å². The molecule has 2 N–H and O–H groups in total. The number of benzene rings is 3. The molecule has 0 aromatic heterocycles. The summed E-state index contributed by atoms with van der Waals surface area (Å²) in [5, 5.41) is 4.83. The fraction of sp³-hybridized carbons (Fsp3) is 0.160. The first kappa shape index (κ1) is 23.3. The molecule has 9 heteroatoms. The number of anilines is 1. The monoisotopic (exact) mass is 477 g/mol. The van der Waals surface area contributed by atoms with E-state index in [4.69, 9.17) is 0 Å². The SMILES string of the molecule is CC(C)N(Cc1ccccc1)S(=O)(=O)c1ccc(C(=O)Nc2cccc3c2C(=O)NC3=O)cc1. The van der Waals surface area contributed by atoms with Crippen LogP contribution >= 0.6 is 0 Å². The van der Waals surface area contributed by atoms with Gasteiger partial charge in [-0.3, -0.25) is 19.7 Å². The van der Waals surface area contributed by atoms with Crippen molar-refractivity contribution in [3.63, 3.8) is 0 Å². The number of carbonyl (C=O) groups excluding carboxylic acids is 3. The quantitative estimate of drug-likeness (QED) is 0.507. The number of carbonyl (C=O) groups is 3. The maximum atomic E-state index is 13.3. The van der Waals surface area contributed by atoms with Crippen molar-refractivity contribution < 1.29 is 22.8 Å². The van der Waals surface area contributed by atoms with Crippen molar-refractivity contribution in [3.05, 3.63) is 95.1 Å². The summed E-state index contributed by atoms with van der Waals surface area (Å²) in [5.41, 5.74) is 1.58. The van der Waals surface area contributed by atoms with E-state index in [1.807, 2.05) is 44.2 Å². The lowest BCUT2D eigenvalue weighted by Crippen LogP contribution is -2.36. The summed E-state index contributed by atoms with van der Waals surface area (Å²) >= 11 is 0. The van der Waals surface area contributed by atoms with Crippen molar-refractivity contribution >= 4 is 33.4 Å². The minimum atomic E-state index is -3.81. The summed E-state index contributed by atoms with van der Waals surface area (Å²) in [6, 6.07) is 19.2. The molecule has 0 fully saturated rings. The molecular weight excluding hydrogens is 454 g/mol. The van der Waals surface area contributed by atoms with E-state index in [9.17, 15) is 22.8 Å². The Kier molecular flexibility index (Phi) is 6.32. The van der Waals surface area contributed by atoms with Gasteiger partial charge in [0.05, 0.1) is 21.7 Å². The molecule has 0 saturated carbocycles. The van der Waals surface area contributed by atoms with E-state index in [0.717, 1.165) is 5.56 Å². The van der Waals surface area contributed by atoms with Gasteiger partial charge < -0.3 is 5.32 Å². The van der Waals surface area contributed by atoms with Gasteiger partial charge in [0.15, 0.2) is 0 Å². The van der Waals surface area contributed by atoms with E-state index in [-0.39, 0.29) is 39.9 Å². The fourth-order valence-electron chi connectivity index (χ4n) is 3.74. The molecule has 3 aromatic carbocycles. The fourth-order valence-corrected chi connectivity index (χ4v) is 5.36. The molecule has 1 aliphatic heterocycles. The third kappa shape index (κ3) is 4.48. The van der Waals surface area contributed by atoms with E-state index in [1.54, 1.807) is 6.07 Å². The Balaban J connectivity index is 1.55. The van der Waals surface area contributed by atoms with Crippen LogP contribution in [0.5, 0.6) is 0 Å². The van der Waals surface area contributed by atoms with Crippen LogP contribution in [0.15, 0.2) is 77.7 Å². The molecule has 0 unspecified atom stereocenters. The smallest absolute Gasteiger partial charge is 0.261 e. The number of nitrogens with zero attached hydrogens (tertiary/aromatic N) is 1. The Bertz CT molecular complexity index is 1370. The Morgan fingerprint density at radius 2 is 1.59 bits per heavy atom. The summed E-state index contributed by atoms with van der Waals surface area (Å²) in [4.78, 5) is 36.7. The molecule has 1 heterocycles. The second-order valence-electron chi connectivity index (χ2n) is 8.12. The molecule has 8 nitrogen and oxygen atoms in total. The summed E-state index contributed by atoms with van der Waals surface area (Å²) in [5.74, 6) is -1.63. The van der Waals surface area contributed by atoms with Gasteiger partial charge >= 0.3 is 0 Å². The number of amides is 3. The minimum Gasteiger partial charge on any atom is -0.321 e. The van der Waals surface area contributed by atoms with E-state index < -0.39 is 27.7 Å². The summed E-state index contributed by atoms with van der Waals surface area (Å²) in [6.45, 7) is 3.84. The number of imide groups is 1. The highest BCUT2D eigenvalue weighted by molar-refractivity contribution is 7.89. The standard InChI is InChI=1S/C25H23N3O5S/c1-16(2)28(15-17-7-4-3-5-8-17)34(32,33)19-13-11-18(12-14-19)23(29)26-21-10-6-9-20-22(21)25(31)27-24(20)30/h3-14,16H,15H2,1-2H3,(H,26,29)(H,27,30,31). The number of fused-ring (bicyclic) bond motifs is 1. The van der Waals surface area contributed by atoms with Gasteiger partial charge in [0, 0.05) is 18.2 Å². The maximum Gasteiger partial charge on any atom is 0.261 e. The lowest BCUT2D eigenvalue weighted by molar-refractivity contribution is 0.0879. The number of nitrogens with one attached hydrogen (secondary N) is 2. The first-order valence-electron chi connectivity index (χ1n) is 10.6. The Labute approximate surface area is 197 Å². The van der Waals surface area contributed by atoms with Gasteiger partial charge in [-0.1, -0.05) is 36.4 Å². The molecule has 0 saturated heterocycles. The van der Waals surface area contributed by atoms with Crippen LogP contribution in [0, 0.1) is 0 Å². The van der Waals surface area contributed by atoms with Crippen LogP contribution in [-0.2, 0) is 16.6 Å². The zero-order chi connectivity index (χ0) is 24.5. The van der Waals surface area contributed by atoms with Gasteiger partial charge in [0.25, 0.3) is 17.7 Å². The van der Waals surface area contributed by atoms with Crippen LogP contribution in [0.4, 0.5) is 5.69 Å². The van der Waals surface area contributed by atoms with Crippen molar-refractivity contribution in [2.24, 2.45) is 0 Å². The molecule has 0 aliphatic carbocycles. The molecule has 34 heavy (non-hydrogen) atoms. The van der Waals surface area contributed by atoms with Gasteiger partial charge in [0.1, 0.15) is 0 Å². The average Bonchev–Trinajstić information content (AvgIpc) is 3.12. The highest BCUT2D eigenvalue weighted by Gasteiger charge is 2.30. The molecule has 0 spiro atoms. The minimum absolute atomic E-state index is 0.0688. The van der Waals surface area contributed by atoms with Crippen LogP contribution in [0.25, 0.3) is 0 Å². The van der Waals surface area contributed by atoms with E-state index in [2.05, 4.69) is 10.6 Å². The normalized spacial score (nSPS) is 13.2. The van der Waals surface area contributed by atoms with Gasteiger partial charge in [-0.25, -0.2) is 8.42 Å². The Hall–Kier alpha value is -3.82. The highest BCUT2D eigenvalue weighted by Crippen LogP contribution is 2.26. The molecule has 0 atom stereocenters. The van der Waals surface area contributed by atoms with Gasteiger partial charge in [-0.05, 0) is 55.8 Å². The topological polar surface area (TPSA) is 113 Å². The van der Waals surface area contributed by atoms with Gasteiger partial charge in [-0.2, -0.15) is 4.31 Å². The lowest BCUT2D eigenvalue weighted by atomic mass is 10.1. The predicted molar refractivity (Wildman–Crippen MR) is 127 cm³/mol. The maximum absolute atomic E-state index is 13.3. The van der Waals surface area contributed by atoms with Crippen LogP contribution < -0.4 is 10.6 Å². The first-order chi connectivity index (χ1) is 16.2. The zero-order valence-corrected chi connectivity index (χ0v) is 19.4. The van der Waals surface area contributed by atoms with Crippen LogP contribution in [-0.4, -0.2) is 36.5 Å². The van der Waals surface area contributed by atoms with Crippen molar-refractivity contribution in [2.45, 2.75) is 31.3 Å². The van der Waals surface area contributed by atoms with Crippen LogP contribution in [0.2, 0.25) is 0 Å². The van der Waals surface area contributed by atoms with Gasteiger partial charge in [0.2, 0.25) is 10.0 Å². The Morgan fingerprint density at radius 3 is 2.24 bits per heavy atom. The first-order valence-corrected chi connectivity index (χ1v) is 12.1. The number of hydrogen-bond acceptors (Lipinski definition) is 5. The second kappa shape index (κ2) is 9.20. The summed E-state index contributed by atoms with van der Waals surface area (Å²) in [6.07, 6.45) is 0. The Morgan fingerprint density at radius 1 is 0.912 bits per heavy atom. The molecule has 0 radical (unpaired) electrons. The number of rotatable bonds is 7. The van der Waals surface area contributed by atoms with Gasteiger partial charge in [-0.15, -0.1) is 0 Å². The molecule has 3 aromatic rings. The molecule has 1 aliphatic rings. The largest absolute Gasteiger partial charge is 0.321 e. The van der Waals surface area contributed by atoms with E-state index in [0.29, 0.717) is 0 Å². The van der Waals surface area contributed by atoms with E-state index in [1.165, 1.54) is 40.7 Å². The number of sulfonamides is 1. The zero-order valence-electron chi connectivity index (χ0n) is 18.6. The number of hydrogen-bond donors (Lipinski definition) is 2.